The van der Waals surface area contributed by atoms with Gasteiger partial charge in [-0.15, -0.1) is 0 Å². The summed E-state index contributed by atoms with van der Waals surface area (Å²) < 4.78 is 0. The number of hydrazine groups is 1. The minimum absolute atomic E-state index is 0.0553. The highest BCUT2D eigenvalue weighted by molar-refractivity contribution is 8.14. The van der Waals surface area contributed by atoms with Gasteiger partial charge < -0.3 is 5.32 Å². The third-order valence-electron chi connectivity index (χ3n) is 5.45. The number of nitrogens with zero attached hydrogens (tertiary/aromatic N) is 2. The molecule has 1 saturated heterocycles. The average molecular weight is 491 g/mol. The van der Waals surface area contributed by atoms with Crippen LogP contribution in [0, 0.1) is 18.3 Å². The van der Waals surface area contributed by atoms with E-state index < -0.39 is 0 Å². The lowest BCUT2D eigenvalue weighted by Gasteiger charge is -2.36. The fourth-order valence-corrected chi connectivity index (χ4v) is 4.96. The maximum Gasteiger partial charge on any atom is 0.230 e. The van der Waals surface area contributed by atoms with Crippen LogP contribution in [0.25, 0.3) is 0 Å². The molecule has 3 unspecified atom stereocenters. The van der Waals surface area contributed by atoms with Gasteiger partial charge in [-0.25, -0.2) is 10.4 Å². The highest BCUT2D eigenvalue weighted by Crippen LogP contribution is 2.33. The first kappa shape index (κ1) is 23.1. The molecule has 1 fully saturated rings. The van der Waals surface area contributed by atoms with Gasteiger partial charge in [-0.1, -0.05) is 47.1 Å². The first-order chi connectivity index (χ1) is 15.3. The van der Waals surface area contributed by atoms with Crippen LogP contribution in [0.3, 0.4) is 0 Å². The number of fused-ring (bicyclic) bond motifs is 1. The van der Waals surface area contributed by atoms with Crippen LogP contribution in [0.4, 0.5) is 5.69 Å². The minimum atomic E-state index is -0.251. The van der Waals surface area contributed by atoms with E-state index >= 15 is 0 Å². The van der Waals surface area contributed by atoms with E-state index in [4.69, 9.17) is 33.6 Å². The second-order valence-corrected chi connectivity index (χ2v) is 9.60. The van der Waals surface area contributed by atoms with Crippen molar-refractivity contribution < 1.29 is 4.79 Å². The molecule has 168 valence electrons. The summed E-state index contributed by atoms with van der Waals surface area (Å²) in [5.74, 6) is 0.367. The lowest BCUT2D eigenvalue weighted by atomic mass is 9.97. The molecule has 2 heterocycles. The molecule has 0 spiro atoms. The molecule has 10 heteroatoms. The number of rotatable bonds is 5. The summed E-state index contributed by atoms with van der Waals surface area (Å²) in [6.07, 6.45) is -0.251. The molecule has 0 aromatic heterocycles. The Hall–Kier alpha value is -2.10. The number of thioether (sulfide) groups is 1. The van der Waals surface area contributed by atoms with Gasteiger partial charge in [0, 0.05) is 28.3 Å². The molecule has 2 aliphatic heterocycles. The molecule has 2 aliphatic rings. The quantitative estimate of drug-likeness (QED) is 0.509. The van der Waals surface area contributed by atoms with Gasteiger partial charge >= 0.3 is 0 Å². The van der Waals surface area contributed by atoms with Crippen LogP contribution in [-0.4, -0.2) is 34.9 Å². The average Bonchev–Trinajstić information content (AvgIpc) is 3.14. The molecule has 0 saturated carbocycles. The Morgan fingerprint density at radius 3 is 2.81 bits per heavy atom. The number of benzene rings is 2. The minimum Gasteiger partial charge on any atom is -0.351 e. The van der Waals surface area contributed by atoms with Crippen molar-refractivity contribution in [1.82, 2.24) is 16.2 Å². The number of halogens is 2. The van der Waals surface area contributed by atoms with Gasteiger partial charge in [-0.3, -0.25) is 20.5 Å². The zero-order chi connectivity index (χ0) is 22.8. The monoisotopic (exact) mass is 490 g/mol. The van der Waals surface area contributed by atoms with Crippen molar-refractivity contribution in [2.45, 2.75) is 32.6 Å². The molecule has 0 aliphatic carbocycles. The lowest BCUT2D eigenvalue weighted by Crippen LogP contribution is -2.50. The molecule has 0 bridgehead atoms. The Morgan fingerprint density at radius 2 is 2.06 bits per heavy atom. The number of carbonyl (C=O) groups excluding carboxylic acids is 1. The van der Waals surface area contributed by atoms with Crippen LogP contribution in [0.1, 0.15) is 18.1 Å². The number of anilines is 1. The zero-order valence-electron chi connectivity index (χ0n) is 17.7. The van der Waals surface area contributed by atoms with Crippen LogP contribution in [-0.2, 0) is 11.3 Å². The third-order valence-corrected chi connectivity index (χ3v) is 7.06. The van der Waals surface area contributed by atoms with E-state index in [-0.39, 0.29) is 29.8 Å². The Morgan fingerprint density at radius 1 is 1.25 bits per heavy atom. The number of hydrogen-bond acceptors (Lipinski definition) is 6. The van der Waals surface area contributed by atoms with Crippen molar-refractivity contribution >= 4 is 57.6 Å². The van der Waals surface area contributed by atoms with Crippen LogP contribution >= 0.6 is 35.0 Å². The second-order valence-electron chi connectivity index (χ2n) is 7.81. The van der Waals surface area contributed by atoms with Crippen molar-refractivity contribution in [3.05, 3.63) is 63.6 Å². The maximum absolute atomic E-state index is 12.5. The van der Waals surface area contributed by atoms with Gasteiger partial charge in [0.25, 0.3) is 0 Å². The first-order valence-corrected chi connectivity index (χ1v) is 11.9. The Balaban J connectivity index is 1.50. The molecule has 1 amide bonds. The van der Waals surface area contributed by atoms with Crippen molar-refractivity contribution in [2.24, 2.45) is 10.9 Å². The maximum atomic E-state index is 12.5. The Bertz CT molecular complexity index is 1080. The summed E-state index contributed by atoms with van der Waals surface area (Å²) in [4.78, 5) is 19.1. The van der Waals surface area contributed by atoms with Gasteiger partial charge in [0.15, 0.2) is 5.17 Å². The molecule has 7 nitrogen and oxygen atoms in total. The summed E-state index contributed by atoms with van der Waals surface area (Å²) in [6, 6.07) is 13.1. The second kappa shape index (κ2) is 9.80. The lowest BCUT2D eigenvalue weighted by molar-refractivity contribution is -0.118. The molecule has 3 atom stereocenters. The number of nitrogens with one attached hydrogen (secondary N) is 4. The highest BCUT2D eigenvalue weighted by atomic mass is 35.5. The molecular formula is C22H24Cl2N6OS. The summed E-state index contributed by atoms with van der Waals surface area (Å²) in [7, 11) is 0. The fourth-order valence-electron chi connectivity index (χ4n) is 3.75. The van der Waals surface area contributed by atoms with Gasteiger partial charge in [0.1, 0.15) is 12.0 Å². The summed E-state index contributed by atoms with van der Waals surface area (Å²) in [5, 5.41) is 13.7. The van der Waals surface area contributed by atoms with E-state index in [1.165, 1.54) is 11.8 Å². The number of amides is 1. The SMILES string of the molecule is Cc1cc(N2C(=N)C3C(C)NNC3N=C2SCC(=O)NCc2cccc(Cl)c2)ccc1Cl. The van der Waals surface area contributed by atoms with Gasteiger partial charge in [-0.05, 0) is 55.3 Å². The molecule has 0 radical (unpaired) electrons. The number of aliphatic imine (C=N–C) groups is 1. The third kappa shape index (κ3) is 4.94. The zero-order valence-corrected chi connectivity index (χ0v) is 20.0. The highest BCUT2D eigenvalue weighted by Gasteiger charge is 2.43. The summed E-state index contributed by atoms with van der Waals surface area (Å²) >= 11 is 13.5. The van der Waals surface area contributed by atoms with Gasteiger partial charge in [0.2, 0.25) is 5.91 Å². The number of hydrogen-bond donors (Lipinski definition) is 4. The molecule has 4 N–H and O–H groups in total. The van der Waals surface area contributed by atoms with E-state index in [1.54, 1.807) is 6.07 Å². The van der Waals surface area contributed by atoms with Gasteiger partial charge in [0.05, 0.1) is 11.7 Å². The number of amidine groups is 2. The molecule has 4 rings (SSSR count). The standard InChI is InChI=1S/C22H24Cl2N6OS/c1-12-8-16(6-7-17(12)24)30-20(25)19-13(2)28-29-21(19)27-22(30)32-11-18(31)26-10-14-4-3-5-15(23)9-14/h3-9,13,19,21,25,28-29H,10-11H2,1-2H3,(H,26,31). The van der Waals surface area contributed by atoms with Crippen LogP contribution in [0.5, 0.6) is 0 Å². The van der Waals surface area contributed by atoms with E-state index in [1.807, 2.05) is 55.1 Å². The predicted octanol–water partition coefficient (Wildman–Crippen LogP) is 3.94. The van der Waals surface area contributed by atoms with Gasteiger partial charge in [-0.2, -0.15) is 0 Å². The van der Waals surface area contributed by atoms with Crippen molar-refractivity contribution in [3.8, 4) is 0 Å². The number of carbonyl (C=O) groups is 1. The topological polar surface area (TPSA) is 92.6 Å². The number of aryl methyl sites for hydroxylation is 1. The normalized spacial score (nSPS) is 22.5. The fraction of sp³-hybridized carbons (Fsp3) is 0.318. The van der Waals surface area contributed by atoms with E-state index in [9.17, 15) is 4.79 Å². The Kier molecular flexibility index (Phi) is 7.07. The predicted molar refractivity (Wildman–Crippen MR) is 133 cm³/mol. The molecular weight excluding hydrogens is 467 g/mol. The van der Waals surface area contributed by atoms with Crippen molar-refractivity contribution in [1.29, 1.82) is 5.41 Å². The van der Waals surface area contributed by atoms with E-state index in [2.05, 4.69) is 16.2 Å². The van der Waals surface area contributed by atoms with Crippen LogP contribution in [0.15, 0.2) is 47.5 Å². The smallest absolute Gasteiger partial charge is 0.230 e. The molecule has 2 aromatic carbocycles. The molecule has 32 heavy (non-hydrogen) atoms. The van der Waals surface area contributed by atoms with Crippen molar-refractivity contribution in [3.63, 3.8) is 0 Å². The summed E-state index contributed by atoms with van der Waals surface area (Å²) in [6.45, 7) is 4.35. The van der Waals surface area contributed by atoms with E-state index in [0.717, 1.165) is 16.8 Å². The first-order valence-electron chi connectivity index (χ1n) is 10.2. The van der Waals surface area contributed by atoms with Crippen LogP contribution in [0.2, 0.25) is 10.0 Å². The van der Waals surface area contributed by atoms with E-state index in [0.29, 0.717) is 27.6 Å². The molecule has 2 aromatic rings. The van der Waals surface area contributed by atoms with Crippen LogP contribution < -0.4 is 21.1 Å². The Labute approximate surface area is 201 Å². The largest absolute Gasteiger partial charge is 0.351 e. The summed E-state index contributed by atoms with van der Waals surface area (Å²) in [5.41, 5.74) is 8.97. The van der Waals surface area contributed by atoms with Crippen molar-refractivity contribution in [2.75, 3.05) is 10.7 Å².